The van der Waals surface area contributed by atoms with Crippen LogP contribution < -0.4 is 18.9 Å². The number of hydrogen-bond acceptors (Lipinski definition) is 11. The first kappa shape index (κ1) is 33.7. The number of benzene rings is 3. The van der Waals surface area contributed by atoms with E-state index in [9.17, 15) is 5.11 Å². The van der Waals surface area contributed by atoms with Crippen LogP contribution in [0.15, 0.2) is 54.6 Å². The summed E-state index contributed by atoms with van der Waals surface area (Å²) in [5, 5.41) is 11.6. The number of fused-ring (bicyclic) bond motifs is 2. The average Bonchev–Trinajstić information content (AvgIpc) is 3.05. The molecule has 0 fully saturated rings. The highest BCUT2D eigenvalue weighted by Gasteiger charge is 2.08. The summed E-state index contributed by atoms with van der Waals surface area (Å²) in [4.78, 5) is 0. The minimum absolute atomic E-state index is 0.118. The minimum atomic E-state index is -0.118. The Morgan fingerprint density at radius 2 is 0.750 bits per heavy atom. The van der Waals surface area contributed by atoms with Crippen LogP contribution in [0.2, 0.25) is 0 Å². The van der Waals surface area contributed by atoms with Crippen LogP contribution in [0.1, 0.15) is 5.56 Å². The fourth-order valence-electron chi connectivity index (χ4n) is 4.33. The van der Waals surface area contributed by atoms with Gasteiger partial charge in [0.15, 0.2) is 0 Å². The molecule has 3 aromatic rings. The molecule has 0 aliphatic carbocycles. The third kappa shape index (κ3) is 12.4. The van der Waals surface area contributed by atoms with Crippen molar-refractivity contribution in [1.29, 1.82) is 0 Å². The molecule has 11 heteroatoms. The highest BCUT2D eigenvalue weighted by atomic mass is 16.6. The van der Waals surface area contributed by atoms with Gasteiger partial charge in [-0.25, -0.2) is 0 Å². The molecule has 0 saturated heterocycles. The molecule has 0 unspecified atom stereocenters. The monoisotopic (exact) mass is 616 g/mol. The Hall–Kier alpha value is -3.16. The van der Waals surface area contributed by atoms with Crippen LogP contribution in [-0.4, -0.2) is 111 Å². The lowest BCUT2D eigenvalue weighted by Gasteiger charge is -2.13. The van der Waals surface area contributed by atoms with E-state index in [4.69, 9.17) is 47.4 Å². The molecular weight excluding hydrogens is 572 g/mol. The van der Waals surface area contributed by atoms with E-state index in [1.165, 1.54) is 0 Å². The Balaban J connectivity index is 1.22. The van der Waals surface area contributed by atoms with Gasteiger partial charge in [0, 0.05) is 16.8 Å². The molecule has 0 atom stereocenters. The largest absolute Gasteiger partial charge is 0.491 e. The van der Waals surface area contributed by atoms with Gasteiger partial charge in [0.1, 0.15) is 49.4 Å². The van der Waals surface area contributed by atoms with Crippen molar-refractivity contribution in [2.75, 3.05) is 106 Å². The predicted molar refractivity (Wildman–Crippen MR) is 163 cm³/mol. The van der Waals surface area contributed by atoms with E-state index in [-0.39, 0.29) is 6.61 Å². The molecule has 0 aromatic heterocycles. The molecule has 0 radical (unpaired) electrons. The van der Waals surface area contributed by atoms with Crippen LogP contribution >= 0.6 is 0 Å². The Morgan fingerprint density at radius 3 is 1.11 bits per heavy atom. The molecule has 0 amide bonds. The van der Waals surface area contributed by atoms with Gasteiger partial charge in [0.05, 0.1) is 85.9 Å². The van der Waals surface area contributed by atoms with Crippen molar-refractivity contribution in [1.82, 2.24) is 0 Å². The van der Waals surface area contributed by atoms with Gasteiger partial charge in [-0.2, -0.15) is 0 Å². The van der Waals surface area contributed by atoms with Gasteiger partial charge >= 0.3 is 0 Å². The molecular formula is C33H44O11. The molecule has 1 aliphatic rings. The molecule has 4 rings (SSSR count). The van der Waals surface area contributed by atoms with E-state index in [1.807, 2.05) is 36.4 Å². The summed E-state index contributed by atoms with van der Waals surface area (Å²) < 4.78 is 57.2. The summed E-state index contributed by atoms with van der Waals surface area (Å²) in [5.41, 5.74) is 0.697. The Labute approximate surface area is 258 Å². The third-order valence-electron chi connectivity index (χ3n) is 6.42. The van der Waals surface area contributed by atoms with Crippen molar-refractivity contribution < 1.29 is 52.5 Å². The molecule has 1 N–H and O–H groups in total. The molecule has 11 nitrogen and oxygen atoms in total. The van der Waals surface area contributed by atoms with E-state index in [2.05, 4.69) is 0 Å². The lowest BCUT2D eigenvalue weighted by molar-refractivity contribution is 0.00477. The van der Waals surface area contributed by atoms with Crippen LogP contribution in [-0.2, 0) is 35.0 Å². The van der Waals surface area contributed by atoms with Gasteiger partial charge in [-0.05, 0) is 29.8 Å². The highest BCUT2D eigenvalue weighted by Crippen LogP contribution is 2.32. The number of aliphatic hydroxyl groups is 1. The average molecular weight is 617 g/mol. The van der Waals surface area contributed by atoms with Crippen LogP contribution in [0, 0.1) is 0 Å². The zero-order chi connectivity index (χ0) is 30.5. The van der Waals surface area contributed by atoms with Gasteiger partial charge < -0.3 is 52.5 Å². The highest BCUT2D eigenvalue weighted by molar-refractivity contribution is 5.93. The Kier molecular flexibility index (Phi) is 15.9. The van der Waals surface area contributed by atoms with E-state index in [0.717, 1.165) is 22.3 Å². The minimum Gasteiger partial charge on any atom is -0.491 e. The molecule has 1 aliphatic heterocycles. The van der Waals surface area contributed by atoms with Crippen molar-refractivity contribution in [2.45, 2.75) is 6.61 Å². The van der Waals surface area contributed by atoms with Crippen molar-refractivity contribution in [3.8, 4) is 23.0 Å². The first-order valence-corrected chi connectivity index (χ1v) is 15.1. The number of hydrogen-bond donors (Lipinski definition) is 1. The molecule has 44 heavy (non-hydrogen) atoms. The van der Waals surface area contributed by atoms with Gasteiger partial charge in [0.25, 0.3) is 0 Å². The molecule has 242 valence electrons. The topological polar surface area (TPSA) is 113 Å². The first-order chi connectivity index (χ1) is 21.8. The number of aliphatic hydroxyl groups excluding tert-OH is 1. The van der Waals surface area contributed by atoms with Gasteiger partial charge in [-0.15, -0.1) is 0 Å². The lowest BCUT2D eigenvalue weighted by Crippen LogP contribution is -2.14. The molecule has 0 saturated carbocycles. The Bertz CT molecular complexity index is 1120. The SMILES string of the molecule is OCc1cc2cc(c1)OCCOCCOCCOCCOc1cccc3c(cccc13)OCCOCCOCCOCCO2. The summed E-state index contributed by atoms with van der Waals surface area (Å²) in [6.07, 6.45) is 0. The molecule has 6 bridgehead atoms. The summed E-state index contributed by atoms with van der Waals surface area (Å²) in [5.74, 6) is 2.76. The van der Waals surface area contributed by atoms with Gasteiger partial charge in [-0.1, -0.05) is 24.3 Å². The summed E-state index contributed by atoms with van der Waals surface area (Å²) in [7, 11) is 0. The van der Waals surface area contributed by atoms with Crippen LogP contribution in [0.5, 0.6) is 23.0 Å². The fourth-order valence-corrected chi connectivity index (χ4v) is 4.33. The predicted octanol–water partition coefficient (Wildman–Crippen LogP) is 3.66. The van der Waals surface area contributed by atoms with Gasteiger partial charge in [-0.3, -0.25) is 0 Å². The van der Waals surface area contributed by atoms with Crippen molar-refractivity contribution in [3.05, 3.63) is 60.2 Å². The summed E-state index contributed by atoms with van der Waals surface area (Å²) in [6.45, 7) is 6.81. The molecule has 1 heterocycles. The van der Waals surface area contributed by atoms with Crippen molar-refractivity contribution in [2.24, 2.45) is 0 Å². The second-order valence-corrected chi connectivity index (χ2v) is 9.65. The number of rotatable bonds is 1. The normalized spacial score (nSPS) is 18.3. The molecule has 3 aromatic carbocycles. The van der Waals surface area contributed by atoms with E-state index in [1.54, 1.807) is 18.2 Å². The maximum Gasteiger partial charge on any atom is 0.127 e. The summed E-state index contributed by atoms with van der Waals surface area (Å²) in [6, 6.07) is 17.2. The number of ether oxygens (including phenoxy) is 10. The summed E-state index contributed by atoms with van der Waals surface area (Å²) >= 11 is 0. The van der Waals surface area contributed by atoms with E-state index in [0.29, 0.717) is 123 Å². The van der Waals surface area contributed by atoms with Crippen molar-refractivity contribution in [3.63, 3.8) is 0 Å². The second-order valence-electron chi connectivity index (χ2n) is 9.65. The third-order valence-corrected chi connectivity index (χ3v) is 6.42. The Morgan fingerprint density at radius 1 is 0.409 bits per heavy atom. The first-order valence-electron chi connectivity index (χ1n) is 15.1. The lowest BCUT2D eigenvalue weighted by atomic mass is 10.1. The van der Waals surface area contributed by atoms with Crippen LogP contribution in [0.4, 0.5) is 0 Å². The zero-order valence-electron chi connectivity index (χ0n) is 25.2. The smallest absolute Gasteiger partial charge is 0.127 e. The molecule has 0 spiro atoms. The quantitative estimate of drug-likeness (QED) is 0.432. The maximum absolute atomic E-state index is 9.59. The van der Waals surface area contributed by atoms with Crippen molar-refractivity contribution >= 4 is 10.8 Å². The van der Waals surface area contributed by atoms with Crippen LogP contribution in [0.3, 0.4) is 0 Å². The second kappa shape index (κ2) is 20.7. The van der Waals surface area contributed by atoms with E-state index >= 15 is 0 Å². The van der Waals surface area contributed by atoms with E-state index < -0.39 is 0 Å². The standard InChI is InChI=1S/C33H44O11/c34-26-27-23-28-25-29(24-27)42-20-16-38-12-8-36-10-14-40-18-22-44-33-6-2-4-31-30(33)3-1-5-32(31)43-21-17-39-13-9-35-7-11-37-15-19-41-28/h1-6,23-25,34H,7-22,26H2. The van der Waals surface area contributed by atoms with Gasteiger partial charge in [0.2, 0.25) is 0 Å². The van der Waals surface area contributed by atoms with Crippen LogP contribution in [0.25, 0.3) is 10.8 Å². The fraction of sp³-hybridized carbons (Fsp3) is 0.515. The maximum atomic E-state index is 9.59. The zero-order valence-corrected chi connectivity index (χ0v) is 25.2.